The number of hydrogen-bond donors (Lipinski definition) is 1. The molecule has 5 nitrogen and oxygen atoms in total. The molecule has 27 heavy (non-hydrogen) atoms. The summed E-state index contributed by atoms with van der Waals surface area (Å²) in [5, 5.41) is 3.41. The molecule has 1 unspecified atom stereocenters. The number of hydrogen-bond acceptors (Lipinski definition) is 3. The Morgan fingerprint density at radius 1 is 1.22 bits per heavy atom. The average Bonchev–Trinajstić information content (AvgIpc) is 2.68. The van der Waals surface area contributed by atoms with E-state index in [1.54, 1.807) is 12.1 Å². The predicted molar refractivity (Wildman–Crippen MR) is 112 cm³/mol. The lowest BCUT2D eigenvalue weighted by atomic mass is 9.99. The quantitative estimate of drug-likeness (QED) is 0.619. The van der Waals surface area contributed by atoms with E-state index in [4.69, 9.17) is 0 Å². The zero-order chi connectivity index (χ0) is 19.4. The minimum Gasteiger partial charge on any atom is -0.326 e. The highest BCUT2D eigenvalue weighted by molar-refractivity contribution is 9.10. The van der Waals surface area contributed by atoms with Crippen molar-refractivity contribution in [2.45, 2.75) is 39.2 Å². The van der Waals surface area contributed by atoms with Gasteiger partial charge in [-0.2, -0.15) is 0 Å². The summed E-state index contributed by atoms with van der Waals surface area (Å²) in [5.41, 5.74) is 2.52. The third-order valence-electron chi connectivity index (χ3n) is 4.74. The molecule has 1 heterocycles. The molecule has 3 aromatic rings. The number of benzene rings is 2. The summed E-state index contributed by atoms with van der Waals surface area (Å²) < 4.78 is 2.30. The molecule has 6 heteroatoms. The minimum atomic E-state index is -0.146. The summed E-state index contributed by atoms with van der Waals surface area (Å²) in [4.78, 5) is 29.1. The average molecular weight is 428 g/mol. The Balaban J connectivity index is 1.65. The van der Waals surface area contributed by atoms with Crippen molar-refractivity contribution in [3.63, 3.8) is 0 Å². The van der Waals surface area contributed by atoms with E-state index in [0.717, 1.165) is 16.6 Å². The summed E-state index contributed by atoms with van der Waals surface area (Å²) in [6.45, 7) is 4.62. The van der Waals surface area contributed by atoms with Crippen molar-refractivity contribution in [2.24, 2.45) is 0 Å². The molecular formula is C21H22BrN3O2. The fourth-order valence-electron chi connectivity index (χ4n) is 2.87. The van der Waals surface area contributed by atoms with Crippen LogP contribution < -0.4 is 10.9 Å². The molecule has 0 fully saturated rings. The SMILES string of the molecule is CCC(C)c1ccc(NC(=O)CCn2cnc3ccc(Br)cc3c2=O)cc1. The Bertz CT molecular complexity index is 1010. The first-order chi connectivity index (χ1) is 13.0. The molecule has 0 radical (unpaired) electrons. The third-order valence-corrected chi connectivity index (χ3v) is 5.23. The van der Waals surface area contributed by atoms with E-state index in [2.05, 4.69) is 40.1 Å². The van der Waals surface area contributed by atoms with Gasteiger partial charge in [-0.3, -0.25) is 14.2 Å². The van der Waals surface area contributed by atoms with Crippen LogP contribution in [0.15, 0.2) is 58.1 Å². The van der Waals surface area contributed by atoms with Crippen molar-refractivity contribution in [1.82, 2.24) is 9.55 Å². The van der Waals surface area contributed by atoms with Crippen LogP contribution in [0.1, 0.15) is 38.2 Å². The molecule has 1 N–H and O–H groups in total. The summed E-state index contributed by atoms with van der Waals surface area (Å²) in [7, 11) is 0. The predicted octanol–water partition coefficient (Wildman–Crippen LogP) is 4.70. The molecular weight excluding hydrogens is 406 g/mol. The number of nitrogens with zero attached hydrogens (tertiary/aromatic N) is 2. The van der Waals surface area contributed by atoms with Crippen LogP contribution in [-0.4, -0.2) is 15.5 Å². The van der Waals surface area contributed by atoms with Crippen LogP contribution in [0, 0.1) is 0 Å². The number of carbonyl (C=O) groups excluding carboxylic acids is 1. The molecule has 3 rings (SSSR count). The first kappa shape index (κ1) is 19.3. The van der Waals surface area contributed by atoms with E-state index in [0.29, 0.717) is 16.8 Å². The van der Waals surface area contributed by atoms with Crippen molar-refractivity contribution in [3.8, 4) is 0 Å². The molecule has 140 valence electrons. The number of rotatable bonds is 6. The molecule has 0 aliphatic heterocycles. The first-order valence-corrected chi connectivity index (χ1v) is 9.81. The topological polar surface area (TPSA) is 64.0 Å². The lowest BCUT2D eigenvalue weighted by Gasteiger charge is -2.11. The molecule has 0 aliphatic carbocycles. The van der Waals surface area contributed by atoms with E-state index in [1.807, 2.05) is 30.3 Å². The maximum absolute atomic E-state index is 12.6. The van der Waals surface area contributed by atoms with Crippen LogP contribution in [0.5, 0.6) is 0 Å². The van der Waals surface area contributed by atoms with Gasteiger partial charge in [-0.05, 0) is 48.2 Å². The normalized spacial score (nSPS) is 12.1. The Morgan fingerprint density at radius 3 is 2.67 bits per heavy atom. The Labute approximate surface area is 166 Å². The van der Waals surface area contributed by atoms with Gasteiger partial charge in [-0.15, -0.1) is 0 Å². The van der Waals surface area contributed by atoms with Gasteiger partial charge in [0.25, 0.3) is 5.56 Å². The van der Waals surface area contributed by atoms with Crippen molar-refractivity contribution in [2.75, 3.05) is 5.32 Å². The zero-order valence-corrected chi connectivity index (χ0v) is 17.0. The highest BCUT2D eigenvalue weighted by Gasteiger charge is 2.08. The van der Waals surface area contributed by atoms with Crippen LogP contribution >= 0.6 is 15.9 Å². The standard InChI is InChI=1S/C21H22BrN3O2/c1-3-14(2)15-4-7-17(8-5-15)24-20(26)10-11-25-13-23-19-9-6-16(22)12-18(19)21(25)27/h4-9,12-14H,3,10-11H2,1-2H3,(H,24,26). The molecule has 0 saturated carbocycles. The van der Waals surface area contributed by atoms with Gasteiger partial charge in [0, 0.05) is 23.1 Å². The smallest absolute Gasteiger partial charge is 0.261 e. The number of nitrogens with one attached hydrogen (secondary N) is 1. The fourth-order valence-corrected chi connectivity index (χ4v) is 3.23. The van der Waals surface area contributed by atoms with Crippen LogP contribution in [0.25, 0.3) is 10.9 Å². The van der Waals surface area contributed by atoms with Crippen LogP contribution in [0.4, 0.5) is 5.69 Å². The van der Waals surface area contributed by atoms with Gasteiger partial charge in [0.15, 0.2) is 0 Å². The number of aryl methyl sites for hydroxylation is 1. The number of aromatic nitrogens is 2. The molecule has 0 aliphatic rings. The highest BCUT2D eigenvalue weighted by atomic mass is 79.9. The minimum absolute atomic E-state index is 0.132. The third kappa shape index (κ3) is 4.63. The van der Waals surface area contributed by atoms with Crippen LogP contribution in [0.2, 0.25) is 0 Å². The van der Waals surface area contributed by atoms with Crippen molar-refractivity contribution >= 4 is 38.4 Å². The van der Waals surface area contributed by atoms with Gasteiger partial charge in [-0.25, -0.2) is 4.98 Å². The van der Waals surface area contributed by atoms with E-state index in [-0.39, 0.29) is 24.4 Å². The number of carbonyl (C=O) groups is 1. The van der Waals surface area contributed by atoms with E-state index in [9.17, 15) is 9.59 Å². The zero-order valence-electron chi connectivity index (χ0n) is 15.4. The lowest BCUT2D eigenvalue weighted by Crippen LogP contribution is -2.23. The molecule has 1 aromatic heterocycles. The van der Waals surface area contributed by atoms with Gasteiger partial charge in [-0.1, -0.05) is 41.9 Å². The van der Waals surface area contributed by atoms with Gasteiger partial charge < -0.3 is 5.32 Å². The maximum atomic E-state index is 12.6. The Hall–Kier alpha value is -2.47. The van der Waals surface area contributed by atoms with Crippen molar-refractivity contribution < 1.29 is 4.79 Å². The summed E-state index contributed by atoms with van der Waals surface area (Å²) in [6.07, 6.45) is 2.78. The van der Waals surface area contributed by atoms with Gasteiger partial charge >= 0.3 is 0 Å². The van der Waals surface area contributed by atoms with Gasteiger partial charge in [0.1, 0.15) is 0 Å². The largest absolute Gasteiger partial charge is 0.326 e. The number of fused-ring (bicyclic) bond motifs is 1. The molecule has 0 saturated heterocycles. The second-order valence-corrected chi connectivity index (χ2v) is 7.55. The fraction of sp³-hybridized carbons (Fsp3) is 0.286. The van der Waals surface area contributed by atoms with E-state index in [1.165, 1.54) is 16.5 Å². The summed E-state index contributed by atoms with van der Waals surface area (Å²) in [6, 6.07) is 13.3. The van der Waals surface area contributed by atoms with E-state index < -0.39 is 0 Å². The number of amides is 1. The molecule has 0 bridgehead atoms. The first-order valence-electron chi connectivity index (χ1n) is 9.02. The Kier molecular flexibility index (Phi) is 6.06. The number of halogens is 1. The maximum Gasteiger partial charge on any atom is 0.261 e. The van der Waals surface area contributed by atoms with Crippen LogP contribution in [0.3, 0.4) is 0 Å². The molecule has 2 aromatic carbocycles. The molecule has 1 atom stereocenters. The molecule has 1 amide bonds. The van der Waals surface area contributed by atoms with Gasteiger partial charge in [0.2, 0.25) is 5.91 Å². The number of anilines is 1. The summed E-state index contributed by atoms with van der Waals surface area (Å²) in [5.74, 6) is 0.370. The highest BCUT2D eigenvalue weighted by Crippen LogP contribution is 2.20. The Morgan fingerprint density at radius 2 is 1.96 bits per heavy atom. The van der Waals surface area contributed by atoms with Crippen molar-refractivity contribution in [1.29, 1.82) is 0 Å². The van der Waals surface area contributed by atoms with Gasteiger partial charge in [0.05, 0.1) is 17.2 Å². The van der Waals surface area contributed by atoms with Crippen molar-refractivity contribution in [3.05, 3.63) is 69.2 Å². The van der Waals surface area contributed by atoms with E-state index >= 15 is 0 Å². The lowest BCUT2D eigenvalue weighted by molar-refractivity contribution is -0.116. The van der Waals surface area contributed by atoms with Crippen LogP contribution in [-0.2, 0) is 11.3 Å². The second kappa shape index (κ2) is 8.48. The molecule has 0 spiro atoms. The summed E-state index contributed by atoms with van der Waals surface area (Å²) >= 11 is 3.37. The monoisotopic (exact) mass is 427 g/mol. The second-order valence-electron chi connectivity index (χ2n) is 6.63.